The second-order valence-electron chi connectivity index (χ2n) is 3.53. The van der Waals surface area contributed by atoms with Crippen LogP contribution in [0, 0.1) is 0 Å². The molecule has 0 unspecified atom stereocenters. The summed E-state index contributed by atoms with van der Waals surface area (Å²) in [5.74, 6) is -3.04. The molecule has 2 heterocycles. The number of aliphatic hydroxyl groups excluding tert-OH is 1. The number of carbonyl (C=O) groups excluding carboxylic acids is 1. The van der Waals surface area contributed by atoms with Gasteiger partial charge in [0.2, 0.25) is 11.5 Å². The summed E-state index contributed by atoms with van der Waals surface area (Å²) >= 11 is 0. The summed E-state index contributed by atoms with van der Waals surface area (Å²) in [7, 11) is -0.668. The van der Waals surface area contributed by atoms with Gasteiger partial charge in [-0.3, -0.25) is 4.79 Å². The molecule has 0 fully saturated rings. The van der Waals surface area contributed by atoms with E-state index in [0.717, 1.165) is 4.90 Å². The highest BCUT2D eigenvalue weighted by atomic mass is 32.2. The maximum absolute atomic E-state index is 11.8. The van der Waals surface area contributed by atoms with Crippen molar-refractivity contribution in [1.82, 2.24) is 4.98 Å². The number of aromatic nitrogens is 1. The average molecular weight is 265 g/mol. The van der Waals surface area contributed by atoms with Crippen LogP contribution in [0.5, 0.6) is 0 Å². The van der Waals surface area contributed by atoms with Crippen LogP contribution in [-0.2, 0) is 4.79 Å². The first kappa shape index (κ1) is 12.3. The van der Waals surface area contributed by atoms with Gasteiger partial charge in [0, 0.05) is 17.2 Å². The topological polar surface area (TPSA) is 90.4 Å². The van der Waals surface area contributed by atoms with E-state index in [1.54, 1.807) is 12.3 Å². The van der Waals surface area contributed by atoms with Gasteiger partial charge in [0.1, 0.15) is 0 Å². The highest BCUT2D eigenvalue weighted by Gasteiger charge is 2.17. The predicted octanol–water partition coefficient (Wildman–Crippen LogP) is 2.12. The fourth-order valence-corrected chi connectivity index (χ4v) is 3.20. The van der Waals surface area contributed by atoms with Crippen LogP contribution < -0.4 is 0 Å². The lowest BCUT2D eigenvalue weighted by Crippen LogP contribution is -2.05. The molecule has 0 spiro atoms. The van der Waals surface area contributed by atoms with Crippen molar-refractivity contribution in [2.75, 3.05) is 0 Å². The van der Waals surface area contributed by atoms with Crippen LogP contribution >= 0.6 is 10.9 Å². The van der Waals surface area contributed by atoms with E-state index >= 15 is 0 Å². The Kier molecular flexibility index (Phi) is 3.38. The number of hydrogen-bond donors (Lipinski definition) is 4. The minimum atomic E-state index is -1.53. The number of hydrogen-bond acceptors (Lipinski definition) is 3. The normalized spacial score (nSPS) is 16.2. The summed E-state index contributed by atoms with van der Waals surface area (Å²) in [5, 5.41) is 21.5. The van der Waals surface area contributed by atoms with Crippen LogP contribution in [0.15, 0.2) is 52.0 Å². The number of carbonyl (C=O) groups is 2. The van der Waals surface area contributed by atoms with E-state index in [2.05, 4.69) is 4.98 Å². The first-order valence-corrected chi connectivity index (χ1v) is 6.56. The van der Waals surface area contributed by atoms with Gasteiger partial charge in [-0.15, -0.1) is 0 Å². The number of carboxylic acids is 1. The maximum Gasteiger partial charge on any atom is 0.371 e. The van der Waals surface area contributed by atoms with Crippen molar-refractivity contribution in [3.05, 3.63) is 52.8 Å². The van der Waals surface area contributed by atoms with Crippen molar-refractivity contribution < 1.29 is 19.8 Å². The second kappa shape index (κ2) is 4.97. The quantitative estimate of drug-likeness (QED) is 0.290. The number of rotatable bonds is 4. The van der Waals surface area contributed by atoms with Crippen molar-refractivity contribution >= 4 is 22.6 Å². The Hall–Kier alpha value is -2.21. The molecule has 3 N–H and O–H groups in total. The molecule has 0 atom stereocenters. The van der Waals surface area contributed by atoms with E-state index in [1.165, 1.54) is 0 Å². The lowest BCUT2D eigenvalue weighted by Gasteiger charge is -2.09. The molecule has 1 aromatic rings. The van der Waals surface area contributed by atoms with Crippen LogP contribution in [0.4, 0.5) is 0 Å². The first-order chi connectivity index (χ1) is 8.59. The molecule has 18 heavy (non-hydrogen) atoms. The molecule has 0 radical (unpaired) electrons. The average Bonchev–Trinajstić information content (AvgIpc) is 2.99. The molecule has 0 saturated carbocycles. The van der Waals surface area contributed by atoms with Crippen LogP contribution in [0.25, 0.3) is 0 Å². The van der Waals surface area contributed by atoms with E-state index < -0.39 is 28.4 Å². The first-order valence-electron chi connectivity index (χ1n) is 5.08. The van der Waals surface area contributed by atoms with Gasteiger partial charge in [-0.05, 0) is 16.9 Å². The van der Waals surface area contributed by atoms with Crippen molar-refractivity contribution in [3.8, 4) is 0 Å². The zero-order valence-corrected chi connectivity index (χ0v) is 10.1. The number of thiol groups is 1. The lowest BCUT2D eigenvalue weighted by atomic mass is 10.2. The van der Waals surface area contributed by atoms with Crippen molar-refractivity contribution in [2.45, 2.75) is 4.90 Å². The lowest BCUT2D eigenvalue weighted by molar-refractivity contribution is -0.135. The SMILES string of the molecule is O=C(O)C(O)=CC(=O)c1[nH]ccc1[SH]1C=CC=C1. The molecule has 1 aliphatic rings. The smallest absolute Gasteiger partial charge is 0.371 e. The predicted molar refractivity (Wildman–Crippen MR) is 69.0 cm³/mol. The van der Waals surface area contributed by atoms with Crippen molar-refractivity contribution in [1.29, 1.82) is 0 Å². The van der Waals surface area contributed by atoms with Gasteiger partial charge in [-0.25, -0.2) is 4.79 Å². The minimum Gasteiger partial charge on any atom is -0.502 e. The van der Waals surface area contributed by atoms with Crippen LogP contribution in [0.1, 0.15) is 10.5 Å². The van der Waals surface area contributed by atoms with Gasteiger partial charge < -0.3 is 15.2 Å². The van der Waals surface area contributed by atoms with Gasteiger partial charge >= 0.3 is 5.97 Å². The number of nitrogens with one attached hydrogen (secondary N) is 1. The van der Waals surface area contributed by atoms with E-state index in [4.69, 9.17) is 10.2 Å². The Balaban J connectivity index is 2.29. The molecular formula is C12H11NO4S. The van der Waals surface area contributed by atoms with Gasteiger partial charge in [0.15, 0.2) is 0 Å². The Labute approximate surface area is 105 Å². The van der Waals surface area contributed by atoms with Crippen LogP contribution in [0.3, 0.4) is 0 Å². The third kappa shape index (κ3) is 2.38. The fraction of sp³-hybridized carbons (Fsp3) is 0. The molecule has 0 amide bonds. The third-order valence-electron chi connectivity index (χ3n) is 2.34. The van der Waals surface area contributed by atoms with Crippen LogP contribution in [-0.4, -0.2) is 26.9 Å². The third-order valence-corrected chi connectivity index (χ3v) is 4.26. The molecule has 0 bridgehead atoms. The zero-order valence-electron chi connectivity index (χ0n) is 9.20. The van der Waals surface area contributed by atoms with Crippen LogP contribution in [0.2, 0.25) is 0 Å². The monoisotopic (exact) mass is 265 g/mol. The Bertz CT molecular complexity index is 571. The standard InChI is InChI=1S/C12H11NO4S/c14-8(7-9(15)12(16)17)11-10(3-4-13-11)18-5-1-2-6-18/h1-7,13,15,18H,(H,16,17). The van der Waals surface area contributed by atoms with E-state index in [9.17, 15) is 9.59 Å². The molecule has 94 valence electrons. The van der Waals surface area contributed by atoms with Gasteiger partial charge in [-0.2, -0.15) is 10.9 Å². The number of carboxylic acid groups (broad SMARTS) is 1. The molecule has 1 aliphatic heterocycles. The Morgan fingerprint density at radius 3 is 2.50 bits per heavy atom. The fourth-order valence-electron chi connectivity index (χ4n) is 1.53. The number of H-pyrrole nitrogens is 1. The molecule has 5 nitrogen and oxygen atoms in total. The highest BCUT2D eigenvalue weighted by Crippen LogP contribution is 2.43. The number of aliphatic hydroxyl groups is 1. The van der Waals surface area contributed by atoms with Gasteiger partial charge in [0.05, 0.1) is 5.69 Å². The molecule has 6 heteroatoms. The largest absolute Gasteiger partial charge is 0.502 e. The van der Waals surface area contributed by atoms with E-state index in [-0.39, 0.29) is 0 Å². The van der Waals surface area contributed by atoms with Gasteiger partial charge in [0.25, 0.3) is 0 Å². The van der Waals surface area contributed by atoms with Crippen molar-refractivity contribution in [3.63, 3.8) is 0 Å². The highest BCUT2D eigenvalue weighted by molar-refractivity contribution is 8.22. The number of ketones is 1. The summed E-state index contributed by atoms with van der Waals surface area (Å²) in [6.07, 6.45) is 6.13. The van der Waals surface area contributed by atoms with Crippen molar-refractivity contribution in [2.24, 2.45) is 0 Å². The Morgan fingerprint density at radius 1 is 1.22 bits per heavy atom. The molecule has 0 aromatic carbocycles. The summed E-state index contributed by atoms with van der Waals surface area (Å²) < 4.78 is 0. The molecular weight excluding hydrogens is 254 g/mol. The van der Waals surface area contributed by atoms with E-state index in [1.807, 2.05) is 23.0 Å². The molecule has 0 aliphatic carbocycles. The summed E-state index contributed by atoms with van der Waals surface area (Å²) in [4.78, 5) is 25.9. The second-order valence-corrected chi connectivity index (χ2v) is 5.42. The number of aliphatic carboxylic acids is 1. The zero-order chi connectivity index (χ0) is 13.1. The van der Waals surface area contributed by atoms with Gasteiger partial charge in [-0.1, -0.05) is 12.2 Å². The summed E-state index contributed by atoms with van der Waals surface area (Å²) in [6.45, 7) is 0. The Morgan fingerprint density at radius 2 is 1.89 bits per heavy atom. The summed E-state index contributed by atoms with van der Waals surface area (Å²) in [5.41, 5.74) is 0.310. The maximum atomic E-state index is 11.8. The molecule has 2 rings (SSSR count). The molecule has 1 aromatic heterocycles. The van der Waals surface area contributed by atoms with E-state index in [0.29, 0.717) is 11.8 Å². The summed E-state index contributed by atoms with van der Waals surface area (Å²) in [6, 6.07) is 1.78. The minimum absolute atomic E-state index is 0.310. The number of aromatic amines is 1. The molecule has 0 saturated heterocycles. The number of allylic oxidation sites excluding steroid dienone is 3.